The molecule has 0 amide bonds. The SMILES string of the molecule is CC(C)N1CCOc2c(F)cc(-c3nc(Cc4ccc5c(n4)CN(C)C5)ncc3F)cc21. The van der Waals surface area contributed by atoms with Gasteiger partial charge < -0.3 is 9.64 Å². The average molecular weight is 437 g/mol. The third-order valence-electron chi connectivity index (χ3n) is 5.93. The Hall–Kier alpha value is -3.13. The molecular formula is C24H25F2N5O. The van der Waals surface area contributed by atoms with E-state index in [0.29, 0.717) is 36.6 Å². The van der Waals surface area contributed by atoms with E-state index in [0.717, 1.165) is 30.7 Å². The number of benzene rings is 1. The Morgan fingerprint density at radius 1 is 1.09 bits per heavy atom. The van der Waals surface area contributed by atoms with Crippen LogP contribution in [-0.2, 0) is 19.5 Å². The zero-order chi connectivity index (χ0) is 22.4. The molecule has 3 aromatic rings. The van der Waals surface area contributed by atoms with Gasteiger partial charge in [0, 0.05) is 30.4 Å². The zero-order valence-electron chi connectivity index (χ0n) is 18.4. The lowest BCUT2D eigenvalue weighted by Gasteiger charge is -2.34. The molecule has 0 aliphatic carbocycles. The summed E-state index contributed by atoms with van der Waals surface area (Å²) in [6, 6.07) is 7.21. The Morgan fingerprint density at radius 3 is 2.75 bits per heavy atom. The molecule has 5 rings (SSSR count). The number of fused-ring (bicyclic) bond motifs is 2. The van der Waals surface area contributed by atoms with Crippen LogP contribution in [0.1, 0.15) is 36.6 Å². The van der Waals surface area contributed by atoms with Gasteiger partial charge in [0.15, 0.2) is 17.4 Å². The Balaban J connectivity index is 1.49. The lowest BCUT2D eigenvalue weighted by Crippen LogP contribution is -2.38. The van der Waals surface area contributed by atoms with Crippen LogP contribution in [0.2, 0.25) is 0 Å². The summed E-state index contributed by atoms with van der Waals surface area (Å²) in [5.74, 6) is -0.470. The molecule has 8 heteroatoms. The molecule has 0 N–H and O–H groups in total. The van der Waals surface area contributed by atoms with Gasteiger partial charge in [0.05, 0.1) is 30.5 Å². The molecule has 166 valence electrons. The molecule has 6 nitrogen and oxygen atoms in total. The summed E-state index contributed by atoms with van der Waals surface area (Å²) in [5.41, 5.74) is 4.16. The lowest BCUT2D eigenvalue weighted by molar-refractivity contribution is 0.287. The molecule has 0 fully saturated rings. The van der Waals surface area contributed by atoms with Crippen LogP contribution in [0.4, 0.5) is 14.5 Å². The zero-order valence-corrected chi connectivity index (χ0v) is 18.4. The summed E-state index contributed by atoms with van der Waals surface area (Å²) in [7, 11) is 2.06. The van der Waals surface area contributed by atoms with Crippen molar-refractivity contribution >= 4 is 5.69 Å². The van der Waals surface area contributed by atoms with Crippen molar-refractivity contribution in [2.45, 2.75) is 39.4 Å². The van der Waals surface area contributed by atoms with Crippen LogP contribution in [0.3, 0.4) is 0 Å². The highest BCUT2D eigenvalue weighted by molar-refractivity contribution is 5.72. The standard InChI is InChI=1S/C24H25F2N5O/c1-14(2)31-6-7-32-24-18(25)8-16(9-21(24)31)23-19(26)11-27-22(29-23)10-17-5-4-15-12-30(3)13-20(15)28-17/h4-5,8-9,11,14H,6-7,10,12-13H2,1-3H3. The minimum atomic E-state index is -0.593. The average Bonchev–Trinajstić information content (AvgIpc) is 3.14. The number of halogens is 2. The number of pyridine rings is 1. The van der Waals surface area contributed by atoms with Gasteiger partial charge in [0.2, 0.25) is 0 Å². The Labute approximate surface area is 185 Å². The minimum Gasteiger partial charge on any atom is -0.486 e. The molecule has 0 spiro atoms. The molecular weight excluding hydrogens is 412 g/mol. The van der Waals surface area contributed by atoms with Crippen molar-refractivity contribution in [1.82, 2.24) is 19.9 Å². The highest BCUT2D eigenvalue weighted by Gasteiger charge is 2.26. The molecule has 4 heterocycles. The number of nitrogens with zero attached hydrogens (tertiary/aromatic N) is 5. The van der Waals surface area contributed by atoms with E-state index in [4.69, 9.17) is 9.72 Å². The van der Waals surface area contributed by atoms with Gasteiger partial charge in [-0.3, -0.25) is 9.88 Å². The first-order valence-electron chi connectivity index (χ1n) is 10.8. The first-order valence-corrected chi connectivity index (χ1v) is 10.8. The van der Waals surface area contributed by atoms with E-state index in [1.165, 1.54) is 11.6 Å². The molecule has 0 radical (unpaired) electrons. The van der Waals surface area contributed by atoms with Gasteiger partial charge in [-0.05, 0) is 44.7 Å². The smallest absolute Gasteiger partial charge is 0.178 e. The number of rotatable bonds is 4. The summed E-state index contributed by atoms with van der Waals surface area (Å²) >= 11 is 0. The molecule has 0 saturated carbocycles. The molecule has 0 atom stereocenters. The number of hydrogen-bond donors (Lipinski definition) is 0. The predicted octanol–water partition coefficient (Wildman–Crippen LogP) is 3.96. The predicted molar refractivity (Wildman–Crippen MR) is 118 cm³/mol. The summed E-state index contributed by atoms with van der Waals surface area (Å²) in [5, 5.41) is 0. The van der Waals surface area contributed by atoms with Gasteiger partial charge in [0.25, 0.3) is 0 Å². The van der Waals surface area contributed by atoms with E-state index >= 15 is 0 Å². The fraction of sp³-hybridized carbons (Fsp3) is 0.375. The second-order valence-corrected chi connectivity index (χ2v) is 8.68. The van der Waals surface area contributed by atoms with Crippen LogP contribution in [0.15, 0.2) is 30.5 Å². The van der Waals surface area contributed by atoms with E-state index in [9.17, 15) is 8.78 Å². The van der Waals surface area contributed by atoms with Crippen molar-refractivity contribution in [3.05, 3.63) is 64.9 Å². The van der Waals surface area contributed by atoms with Crippen LogP contribution in [0.5, 0.6) is 5.75 Å². The van der Waals surface area contributed by atoms with Gasteiger partial charge in [-0.1, -0.05) is 6.07 Å². The van der Waals surface area contributed by atoms with Crippen molar-refractivity contribution in [1.29, 1.82) is 0 Å². The minimum absolute atomic E-state index is 0.0758. The van der Waals surface area contributed by atoms with Crippen LogP contribution in [-0.4, -0.2) is 46.1 Å². The quantitative estimate of drug-likeness (QED) is 0.616. The highest BCUT2D eigenvalue weighted by atomic mass is 19.1. The number of hydrogen-bond acceptors (Lipinski definition) is 6. The van der Waals surface area contributed by atoms with Gasteiger partial charge in [-0.15, -0.1) is 0 Å². The van der Waals surface area contributed by atoms with Crippen molar-refractivity contribution in [2.75, 3.05) is 25.1 Å². The molecule has 2 aromatic heterocycles. The maximum absolute atomic E-state index is 14.9. The second kappa shape index (κ2) is 8.09. The molecule has 32 heavy (non-hydrogen) atoms. The van der Waals surface area contributed by atoms with Gasteiger partial charge in [-0.2, -0.15) is 0 Å². The number of aromatic nitrogens is 3. The van der Waals surface area contributed by atoms with E-state index in [2.05, 4.69) is 32.9 Å². The summed E-state index contributed by atoms with van der Waals surface area (Å²) in [6.45, 7) is 6.82. The van der Waals surface area contributed by atoms with Gasteiger partial charge in [-0.25, -0.2) is 18.7 Å². The summed E-state index contributed by atoms with van der Waals surface area (Å²) in [6.07, 6.45) is 1.52. The fourth-order valence-electron chi connectivity index (χ4n) is 4.39. The van der Waals surface area contributed by atoms with Crippen molar-refractivity contribution in [3.8, 4) is 17.0 Å². The number of ether oxygens (including phenoxy) is 1. The van der Waals surface area contributed by atoms with Crippen LogP contribution in [0.25, 0.3) is 11.3 Å². The molecule has 2 aliphatic heterocycles. The van der Waals surface area contributed by atoms with Crippen molar-refractivity contribution < 1.29 is 13.5 Å². The van der Waals surface area contributed by atoms with E-state index in [-0.39, 0.29) is 17.5 Å². The third-order valence-corrected chi connectivity index (χ3v) is 5.93. The molecule has 1 aromatic carbocycles. The molecule has 2 aliphatic rings. The monoisotopic (exact) mass is 437 g/mol. The van der Waals surface area contributed by atoms with Crippen LogP contribution < -0.4 is 9.64 Å². The fourth-order valence-corrected chi connectivity index (χ4v) is 4.39. The van der Waals surface area contributed by atoms with E-state index < -0.39 is 11.6 Å². The van der Waals surface area contributed by atoms with Crippen LogP contribution in [0, 0.1) is 11.6 Å². The third kappa shape index (κ3) is 3.79. The normalized spacial score (nSPS) is 15.6. The van der Waals surface area contributed by atoms with Crippen molar-refractivity contribution in [2.24, 2.45) is 0 Å². The summed E-state index contributed by atoms with van der Waals surface area (Å²) < 4.78 is 35.1. The maximum atomic E-state index is 14.9. The maximum Gasteiger partial charge on any atom is 0.178 e. The Morgan fingerprint density at radius 2 is 1.94 bits per heavy atom. The topological polar surface area (TPSA) is 54.4 Å². The Bertz CT molecular complexity index is 1180. The summed E-state index contributed by atoms with van der Waals surface area (Å²) in [4.78, 5) is 17.6. The second-order valence-electron chi connectivity index (χ2n) is 8.68. The van der Waals surface area contributed by atoms with E-state index in [1.54, 1.807) is 6.07 Å². The van der Waals surface area contributed by atoms with Gasteiger partial charge >= 0.3 is 0 Å². The highest BCUT2D eigenvalue weighted by Crippen LogP contribution is 2.39. The molecule has 0 unspecified atom stereocenters. The first-order chi connectivity index (χ1) is 15.4. The van der Waals surface area contributed by atoms with Crippen LogP contribution >= 0.6 is 0 Å². The lowest BCUT2D eigenvalue weighted by atomic mass is 10.1. The largest absolute Gasteiger partial charge is 0.486 e. The van der Waals surface area contributed by atoms with Crippen molar-refractivity contribution in [3.63, 3.8) is 0 Å². The number of anilines is 1. The van der Waals surface area contributed by atoms with Gasteiger partial charge in [0.1, 0.15) is 18.1 Å². The first kappa shape index (κ1) is 20.8. The molecule has 0 saturated heterocycles. The molecule has 0 bridgehead atoms. The van der Waals surface area contributed by atoms with E-state index in [1.807, 2.05) is 19.9 Å². The Kier molecular flexibility index (Phi) is 5.25.